The maximum Gasteiger partial charge on any atom is 0.193 e. The number of Topliss-reactive ketones (excluding diaryl/α,β-unsaturated/α-hetero) is 1. The Balaban J connectivity index is 2.54. The molecule has 0 spiro atoms. The van der Waals surface area contributed by atoms with Gasteiger partial charge >= 0.3 is 0 Å². The van der Waals surface area contributed by atoms with E-state index in [2.05, 4.69) is 0 Å². The molecule has 0 saturated carbocycles. The van der Waals surface area contributed by atoms with Gasteiger partial charge in [-0.15, -0.1) is 0 Å². The van der Waals surface area contributed by atoms with Crippen LogP contribution in [0.15, 0.2) is 24.3 Å². The highest BCUT2D eigenvalue weighted by atomic mass is 32.2. The highest BCUT2D eigenvalue weighted by Crippen LogP contribution is 2.14. The quantitative estimate of drug-likeness (QED) is 0.787. The van der Waals surface area contributed by atoms with Crippen LogP contribution < -0.4 is 4.74 Å². The molecule has 4 heteroatoms. The average Bonchev–Trinajstić information content (AvgIpc) is 2.28. The molecule has 0 atom stereocenters. The van der Waals surface area contributed by atoms with Crippen molar-refractivity contribution in [2.24, 2.45) is 0 Å². The van der Waals surface area contributed by atoms with E-state index in [1.165, 1.54) is 18.7 Å². The Morgan fingerprint density at radius 3 is 2.38 bits per heavy atom. The predicted molar refractivity (Wildman–Crippen MR) is 64.8 cm³/mol. The van der Waals surface area contributed by atoms with Crippen molar-refractivity contribution in [2.75, 3.05) is 12.9 Å². The predicted octanol–water partition coefficient (Wildman–Crippen LogP) is 2.09. The van der Waals surface area contributed by atoms with E-state index in [1.807, 2.05) is 12.1 Å². The van der Waals surface area contributed by atoms with Crippen molar-refractivity contribution in [2.45, 2.75) is 13.3 Å². The Hall–Kier alpha value is -1.29. The maximum atomic E-state index is 11.2. The third-order valence-electron chi connectivity index (χ3n) is 1.94. The molecule has 0 aliphatic heterocycles. The van der Waals surface area contributed by atoms with Crippen LogP contribution in [0.1, 0.15) is 12.5 Å². The van der Waals surface area contributed by atoms with Crippen molar-refractivity contribution in [1.82, 2.24) is 0 Å². The fourth-order valence-electron chi connectivity index (χ4n) is 1.13. The lowest BCUT2D eigenvalue weighted by atomic mass is 10.2. The van der Waals surface area contributed by atoms with Gasteiger partial charge in [-0.3, -0.25) is 9.59 Å². The molecule has 16 heavy (non-hydrogen) atoms. The summed E-state index contributed by atoms with van der Waals surface area (Å²) in [6.45, 7) is 1.56. The van der Waals surface area contributed by atoms with Gasteiger partial charge in [0.1, 0.15) is 12.4 Å². The van der Waals surface area contributed by atoms with E-state index in [9.17, 15) is 9.59 Å². The summed E-state index contributed by atoms with van der Waals surface area (Å²) in [4.78, 5) is 21.9. The largest absolute Gasteiger partial charge is 0.486 e. The molecular formula is C12H14O3S. The van der Waals surface area contributed by atoms with Crippen LogP contribution in [0.3, 0.4) is 0 Å². The summed E-state index contributed by atoms with van der Waals surface area (Å²) in [5.74, 6) is 0.636. The molecule has 0 aromatic heterocycles. The number of thioether (sulfide) groups is 1. The zero-order chi connectivity index (χ0) is 12.0. The summed E-state index contributed by atoms with van der Waals surface area (Å²) >= 11 is 1.22. The topological polar surface area (TPSA) is 43.4 Å². The van der Waals surface area contributed by atoms with Crippen molar-refractivity contribution >= 4 is 22.7 Å². The first kappa shape index (κ1) is 12.8. The molecule has 0 radical (unpaired) electrons. The Kier molecular flexibility index (Phi) is 5.05. The van der Waals surface area contributed by atoms with Gasteiger partial charge in [-0.2, -0.15) is 0 Å². The zero-order valence-corrected chi connectivity index (χ0v) is 10.2. The van der Waals surface area contributed by atoms with E-state index in [1.54, 1.807) is 18.4 Å². The molecule has 0 bridgehead atoms. The number of rotatable bonds is 5. The minimum atomic E-state index is -0.0124. The molecule has 1 aromatic rings. The Morgan fingerprint density at radius 2 is 1.88 bits per heavy atom. The van der Waals surface area contributed by atoms with Crippen LogP contribution in [0.5, 0.6) is 5.75 Å². The van der Waals surface area contributed by atoms with E-state index in [0.717, 1.165) is 5.56 Å². The summed E-state index contributed by atoms with van der Waals surface area (Å²) in [5, 5.41) is 0.136. The molecule has 86 valence electrons. The molecule has 0 aliphatic rings. The summed E-state index contributed by atoms with van der Waals surface area (Å²) in [5.41, 5.74) is 0.953. The lowest BCUT2D eigenvalue weighted by Gasteiger charge is -2.04. The molecule has 0 amide bonds. The highest BCUT2D eigenvalue weighted by Gasteiger charge is 2.02. The lowest BCUT2D eigenvalue weighted by molar-refractivity contribution is -0.118. The normalized spacial score (nSPS) is 9.88. The van der Waals surface area contributed by atoms with Gasteiger partial charge < -0.3 is 4.74 Å². The number of ketones is 1. The summed E-state index contributed by atoms with van der Waals surface area (Å²) < 4.78 is 5.21. The van der Waals surface area contributed by atoms with E-state index in [0.29, 0.717) is 12.2 Å². The second-order valence-electron chi connectivity index (χ2n) is 3.39. The third kappa shape index (κ3) is 4.49. The number of hydrogen-bond acceptors (Lipinski definition) is 4. The van der Waals surface area contributed by atoms with Crippen LogP contribution in [-0.2, 0) is 16.0 Å². The van der Waals surface area contributed by atoms with Gasteiger partial charge in [-0.25, -0.2) is 0 Å². The molecule has 0 aliphatic carbocycles. The number of hydrogen-bond donors (Lipinski definition) is 0. The summed E-state index contributed by atoms with van der Waals surface area (Å²) in [6, 6.07) is 7.21. The first-order valence-electron chi connectivity index (χ1n) is 4.90. The van der Waals surface area contributed by atoms with Gasteiger partial charge in [0.25, 0.3) is 0 Å². The third-order valence-corrected chi connectivity index (χ3v) is 2.54. The standard InChI is InChI=1S/C12H14O3S/c1-9(13)8-15-11-5-3-10(4-6-11)7-12(14)16-2/h3-6H,7-8H2,1-2H3. The minimum Gasteiger partial charge on any atom is -0.486 e. The van der Waals surface area contributed by atoms with Crippen molar-refractivity contribution < 1.29 is 14.3 Å². The van der Waals surface area contributed by atoms with E-state index >= 15 is 0 Å². The SMILES string of the molecule is CSC(=O)Cc1ccc(OCC(C)=O)cc1. The second-order valence-corrected chi connectivity index (χ2v) is 4.25. The molecule has 1 rings (SSSR count). The zero-order valence-electron chi connectivity index (χ0n) is 9.36. The smallest absolute Gasteiger partial charge is 0.193 e. The molecule has 3 nitrogen and oxygen atoms in total. The van der Waals surface area contributed by atoms with E-state index in [4.69, 9.17) is 4.74 Å². The van der Waals surface area contributed by atoms with Crippen molar-refractivity contribution in [3.63, 3.8) is 0 Å². The highest BCUT2D eigenvalue weighted by molar-refractivity contribution is 8.13. The van der Waals surface area contributed by atoms with Crippen LogP contribution in [0, 0.1) is 0 Å². The Bertz CT molecular complexity index is 370. The van der Waals surface area contributed by atoms with Crippen molar-refractivity contribution in [3.8, 4) is 5.75 Å². The molecular weight excluding hydrogens is 224 g/mol. The monoisotopic (exact) mass is 238 g/mol. The van der Waals surface area contributed by atoms with Crippen LogP contribution in [0.2, 0.25) is 0 Å². The fourth-order valence-corrected chi connectivity index (χ4v) is 1.44. The fraction of sp³-hybridized carbons (Fsp3) is 0.333. The van der Waals surface area contributed by atoms with Gasteiger partial charge in [0.15, 0.2) is 10.9 Å². The van der Waals surface area contributed by atoms with Crippen molar-refractivity contribution in [1.29, 1.82) is 0 Å². The van der Waals surface area contributed by atoms with Crippen molar-refractivity contribution in [3.05, 3.63) is 29.8 Å². The molecule has 0 unspecified atom stereocenters. The Labute approximate surface area is 99.2 Å². The lowest BCUT2D eigenvalue weighted by Crippen LogP contribution is -2.06. The van der Waals surface area contributed by atoms with Crippen LogP contribution in [0.25, 0.3) is 0 Å². The van der Waals surface area contributed by atoms with Gasteiger partial charge in [-0.05, 0) is 30.9 Å². The van der Waals surface area contributed by atoms with Gasteiger partial charge in [-0.1, -0.05) is 23.9 Å². The number of benzene rings is 1. The molecule has 0 N–H and O–H groups in total. The van der Waals surface area contributed by atoms with E-state index in [-0.39, 0.29) is 17.5 Å². The van der Waals surface area contributed by atoms with Crippen LogP contribution in [0.4, 0.5) is 0 Å². The molecule has 0 fully saturated rings. The summed E-state index contributed by atoms with van der Waals surface area (Å²) in [7, 11) is 0. The van der Waals surface area contributed by atoms with Gasteiger partial charge in [0, 0.05) is 6.42 Å². The first-order chi connectivity index (χ1) is 7.61. The minimum absolute atomic E-state index is 0.0124. The van der Waals surface area contributed by atoms with Gasteiger partial charge in [0.2, 0.25) is 0 Å². The summed E-state index contributed by atoms with van der Waals surface area (Å²) in [6.07, 6.45) is 2.20. The molecule has 0 saturated heterocycles. The Morgan fingerprint density at radius 1 is 1.25 bits per heavy atom. The number of carbonyl (C=O) groups excluding carboxylic acids is 2. The average molecular weight is 238 g/mol. The second kappa shape index (κ2) is 6.33. The number of carbonyl (C=O) groups is 2. The first-order valence-corrected chi connectivity index (χ1v) is 6.12. The maximum absolute atomic E-state index is 11.2. The van der Waals surface area contributed by atoms with Crippen LogP contribution in [-0.4, -0.2) is 23.8 Å². The van der Waals surface area contributed by atoms with Gasteiger partial charge in [0.05, 0.1) is 0 Å². The van der Waals surface area contributed by atoms with E-state index < -0.39 is 0 Å². The van der Waals surface area contributed by atoms with Crippen LogP contribution >= 0.6 is 11.8 Å². The molecule has 1 aromatic carbocycles. The molecule has 0 heterocycles. The number of ether oxygens (including phenoxy) is 1.